The summed E-state index contributed by atoms with van der Waals surface area (Å²) < 4.78 is 13.4. The summed E-state index contributed by atoms with van der Waals surface area (Å²) in [7, 11) is 0. The van der Waals surface area contributed by atoms with Crippen molar-refractivity contribution in [2.75, 3.05) is 26.2 Å². The molecule has 2 heterocycles. The lowest BCUT2D eigenvalue weighted by Gasteiger charge is -2.34. The summed E-state index contributed by atoms with van der Waals surface area (Å²) in [4.78, 5) is 19.4. The molecule has 0 spiro atoms. The van der Waals surface area contributed by atoms with E-state index in [0.29, 0.717) is 6.54 Å². The number of piperazine rings is 1. The molecule has 146 valence electrons. The maximum Gasteiger partial charge on any atom is 0.352 e. The molecule has 6 heteroatoms. The van der Waals surface area contributed by atoms with Gasteiger partial charge in [0, 0.05) is 55.7 Å². The molecular formula is C22H24FN3O2. The van der Waals surface area contributed by atoms with Gasteiger partial charge >= 0.3 is 5.97 Å². The number of nitrogens with one attached hydrogen (secondary N) is 1. The maximum absolute atomic E-state index is 13.4. The van der Waals surface area contributed by atoms with Crippen LogP contribution in [0.3, 0.4) is 0 Å². The number of carboxylic acids is 1. The van der Waals surface area contributed by atoms with E-state index in [0.717, 1.165) is 60.3 Å². The first-order valence-electron chi connectivity index (χ1n) is 9.53. The van der Waals surface area contributed by atoms with E-state index in [1.54, 1.807) is 12.1 Å². The molecule has 0 aliphatic carbocycles. The number of fused-ring (bicyclic) bond motifs is 1. The summed E-state index contributed by atoms with van der Waals surface area (Å²) in [6.07, 6.45) is 0. The number of H-pyrrole nitrogens is 1. The average Bonchev–Trinajstić information content (AvgIpc) is 3.01. The Morgan fingerprint density at radius 2 is 1.79 bits per heavy atom. The van der Waals surface area contributed by atoms with E-state index in [1.807, 2.05) is 31.2 Å². The summed E-state index contributed by atoms with van der Waals surface area (Å²) in [5.41, 5.74) is 4.09. The van der Waals surface area contributed by atoms with Crippen molar-refractivity contribution in [3.05, 3.63) is 70.7 Å². The van der Waals surface area contributed by atoms with Crippen LogP contribution in [0.15, 0.2) is 42.5 Å². The van der Waals surface area contributed by atoms with E-state index in [4.69, 9.17) is 0 Å². The Morgan fingerprint density at radius 1 is 1.07 bits per heavy atom. The number of hydrogen-bond donors (Lipinski definition) is 2. The van der Waals surface area contributed by atoms with Gasteiger partial charge in [-0.05, 0) is 36.8 Å². The Hall–Kier alpha value is -2.70. The van der Waals surface area contributed by atoms with Crippen molar-refractivity contribution in [2.24, 2.45) is 0 Å². The standard InChI is InChI=1S/C22H24FN3O2/c1-15-5-6-20-18(11-15)19(21(24-20)22(27)28)14-26-9-7-25(8-10-26)13-16-3-2-4-17(23)12-16/h2-6,11-12,24H,7-10,13-14H2,1H3,(H,27,28). The van der Waals surface area contributed by atoms with Gasteiger partial charge in [-0.25, -0.2) is 9.18 Å². The highest BCUT2D eigenvalue weighted by molar-refractivity contribution is 5.97. The van der Waals surface area contributed by atoms with E-state index in [-0.39, 0.29) is 11.5 Å². The molecule has 28 heavy (non-hydrogen) atoms. The van der Waals surface area contributed by atoms with Gasteiger partial charge < -0.3 is 10.1 Å². The first-order valence-corrected chi connectivity index (χ1v) is 9.53. The molecular weight excluding hydrogens is 357 g/mol. The number of aromatic carboxylic acids is 1. The summed E-state index contributed by atoms with van der Waals surface area (Å²) in [5, 5.41) is 10.6. The van der Waals surface area contributed by atoms with Gasteiger partial charge in [-0.3, -0.25) is 9.80 Å². The third kappa shape index (κ3) is 3.93. The predicted molar refractivity (Wildman–Crippen MR) is 107 cm³/mol. The largest absolute Gasteiger partial charge is 0.477 e. The first-order chi connectivity index (χ1) is 13.5. The normalized spacial score (nSPS) is 15.9. The van der Waals surface area contributed by atoms with Crippen molar-refractivity contribution < 1.29 is 14.3 Å². The van der Waals surface area contributed by atoms with Gasteiger partial charge in [-0.2, -0.15) is 0 Å². The zero-order valence-corrected chi connectivity index (χ0v) is 15.9. The van der Waals surface area contributed by atoms with Crippen LogP contribution < -0.4 is 0 Å². The van der Waals surface area contributed by atoms with Crippen LogP contribution in [0.4, 0.5) is 4.39 Å². The predicted octanol–water partition coefficient (Wildman–Crippen LogP) is 3.63. The molecule has 1 fully saturated rings. The Kier molecular flexibility index (Phi) is 5.15. The highest BCUT2D eigenvalue weighted by Gasteiger charge is 2.22. The molecule has 0 amide bonds. The second kappa shape index (κ2) is 7.73. The van der Waals surface area contributed by atoms with Gasteiger partial charge in [-0.1, -0.05) is 23.8 Å². The molecule has 1 saturated heterocycles. The fraction of sp³-hybridized carbons (Fsp3) is 0.318. The fourth-order valence-corrected chi connectivity index (χ4v) is 3.93. The summed E-state index contributed by atoms with van der Waals surface area (Å²) >= 11 is 0. The van der Waals surface area contributed by atoms with E-state index < -0.39 is 5.97 Å². The smallest absolute Gasteiger partial charge is 0.352 e. The number of aromatic nitrogens is 1. The van der Waals surface area contributed by atoms with E-state index >= 15 is 0 Å². The number of benzene rings is 2. The Balaban J connectivity index is 1.45. The number of carboxylic acid groups (broad SMARTS) is 1. The number of carbonyl (C=O) groups is 1. The minimum Gasteiger partial charge on any atom is -0.477 e. The van der Waals surface area contributed by atoms with Crippen LogP contribution >= 0.6 is 0 Å². The quantitative estimate of drug-likeness (QED) is 0.709. The van der Waals surface area contributed by atoms with Crippen molar-refractivity contribution in [1.29, 1.82) is 0 Å². The van der Waals surface area contributed by atoms with Crippen molar-refractivity contribution >= 4 is 16.9 Å². The van der Waals surface area contributed by atoms with Gasteiger partial charge in [0.15, 0.2) is 0 Å². The maximum atomic E-state index is 13.4. The van der Waals surface area contributed by atoms with Crippen LogP contribution in [-0.4, -0.2) is 52.0 Å². The van der Waals surface area contributed by atoms with Crippen LogP contribution in [-0.2, 0) is 13.1 Å². The average molecular weight is 381 g/mol. The molecule has 2 N–H and O–H groups in total. The Morgan fingerprint density at radius 3 is 2.46 bits per heavy atom. The molecule has 0 unspecified atom stereocenters. The molecule has 0 saturated carbocycles. The fourth-order valence-electron chi connectivity index (χ4n) is 3.93. The molecule has 1 aromatic heterocycles. The summed E-state index contributed by atoms with van der Waals surface area (Å²) in [6.45, 7) is 6.82. The second-order valence-electron chi connectivity index (χ2n) is 7.51. The molecule has 0 atom stereocenters. The second-order valence-corrected chi connectivity index (χ2v) is 7.51. The molecule has 0 bridgehead atoms. The van der Waals surface area contributed by atoms with Gasteiger partial charge in [0.25, 0.3) is 0 Å². The number of aryl methyl sites for hydroxylation is 1. The molecule has 4 rings (SSSR count). The zero-order chi connectivity index (χ0) is 19.7. The zero-order valence-electron chi connectivity index (χ0n) is 15.9. The molecule has 5 nitrogen and oxygen atoms in total. The number of hydrogen-bond acceptors (Lipinski definition) is 3. The van der Waals surface area contributed by atoms with Gasteiger partial charge in [0.1, 0.15) is 11.5 Å². The lowest BCUT2D eigenvalue weighted by atomic mass is 10.1. The van der Waals surface area contributed by atoms with E-state index in [1.165, 1.54) is 6.07 Å². The third-order valence-electron chi connectivity index (χ3n) is 5.42. The minimum absolute atomic E-state index is 0.202. The van der Waals surface area contributed by atoms with Gasteiger partial charge in [-0.15, -0.1) is 0 Å². The van der Waals surface area contributed by atoms with Crippen LogP contribution in [0, 0.1) is 12.7 Å². The first kappa shape index (κ1) is 18.7. The lowest BCUT2D eigenvalue weighted by molar-refractivity contribution is 0.0687. The lowest BCUT2D eigenvalue weighted by Crippen LogP contribution is -2.45. The Labute approximate surface area is 163 Å². The van der Waals surface area contributed by atoms with Crippen molar-refractivity contribution in [1.82, 2.24) is 14.8 Å². The summed E-state index contributed by atoms with van der Waals surface area (Å²) in [6, 6.07) is 12.7. The Bertz CT molecular complexity index is 1010. The van der Waals surface area contributed by atoms with Crippen LogP contribution in [0.5, 0.6) is 0 Å². The molecule has 1 aliphatic heterocycles. The highest BCUT2D eigenvalue weighted by atomic mass is 19.1. The SMILES string of the molecule is Cc1ccc2[nH]c(C(=O)O)c(CN3CCN(Cc4cccc(F)c4)CC3)c2c1. The number of nitrogens with zero attached hydrogens (tertiary/aromatic N) is 2. The van der Waals surface area contributed by atoms with Crippen molar-refractivity contribution in [2.45, 2.75) is 20.0 Å². The minimum atomic E-state index is -0.923. The van der Waals surface area contributed by atoms with Gasteiger partial charge in [0.2, 0.25) is 0 Å². The third-order valence-corrected chi connectivity index (χ3v) is 5.42. The number of aromatic amines is 1. The number of rotatable bonds is 5. The highest BCUT2D eigenvalue weighted by Crippen LogP contribution is 2.26. The monoisotopic (exact) mass is 381 g/mol. The van der Waals surface area contributed by atoms with Crippen LogP contribution in [0.2, 0.25) is 0 Å². The molecule has 3 aromatic rings. The van der Waals surface area contributed by atoms with E-state index in [2.05, 4.69) is 14.8 Å². The van der Waals surface area contributed by atoms with Crippen LogP contribution in [0.1, 0.15) is 27.2 Å². The van der Waals surface area contributed by atoms with Crippen molar-refractivity contribution in [3.63, 3.8) is 0 Å². The van der Waals surface area contributed by atoms with Crippen LogP contribution in [0.25, 0.3) is 10.9 Å². The molecule has 0 radical (unpaired) electrons. The summed E-state index contributed by atoms with van der Waals surface area (Å²) in [5.74, 6) is -1.12. The molecule has 2 aromatic carbocycles. The topological polar surface area (TPSA) is 59.6 Å². The van der Waals surface area contributed by atoms with Crippen molar-refractivity contribution in [3.8, 4) is 0 Å². The van der Waals surface area contributed by atoms with Gasteiger partial charge in [0.05, 0.1) is 0 Å². The van der Waals surface area contributed by atoms with E-state index in [9.17, 15) is 14.3 Å². The molecule has 1 aliphatic rings. The number of halogens is 1.